The first-order chi connectivity index (χ1) is 8.34. The highest BCUT2D eigenvalue weighted by molar-refractivity contribution is 7.09. The molecule has 3 nitrogen and oxygen atoms in total. The minimum atomic E-state index is -0.986. The first kappa shape index (κ1) is 10.4. The van der Waals surface area contributed by atoms with Gasteiger partial charge in [-0.15, -0.1) is 11.3 Å². The van der Waals surface area contributed by atoms with Gasteiger partial charge < -0.3 is 0 Å². The van der Waals surface area contributed by atoms with Gasteiger partial charge in [-0.25, -0.2) is 15.1 Å². The third-order valence-corrected chi connectivity index (χ3v) is 3.38. The molecular weight excluding hydrogens is 232 g/mol. The van der Waals surface area contributed by atoms with Crippen molar-refractivity contribution in [3.05, 3.63) is 58.7 Å². The van der Waals surface area contributed by atoms with Gasteiger partial charge in [0, 0.05) is 17.0 Å². The molecule has 0 N–H and O–H groups in total. The molecule has 4 heteroatoms. The lowest BCUT2D eigenvalue weighted by Crippen LogP contribution is -2.00. The Morgan fingerprint density at radius 3 is 2.82 bits per heavy atom. The molecule has 0 saturated heterocycles. The van der Waals surface area contributed by atoms with Crippen LogP contribution in [-0.2, 0) is 5.11 Å². The van der Waals surface area contributed by atoms with Crippen LogP contribution in [0.25, 0.3) is 10.9 Å². The first-order valence-electron chi connectivity index (χ1n) is 5.25. The SMILES string of the molecule is [O]C(c1ccc2ccccc2n1)c1nccs1. The molecule has 3 aromatic rings. The lowest BCUT2D eigenvalue weighted by Gasteiger charge is -2.05. The third-order valence-electron chi connectivity index (χ3n) is 2.56. The van der Waals surface area contributed by atoms with E-state index in [9.17, 15) is 5.11 Å². The van der Waals surface area contributed by atoms with Gasteiger partial charge in [-0.1, -0.05) is 24.3 Å². The van der Waals surface area contributed by atoms with Crippen molar-refractivity contribution < 1.29 is 5.11 Å². The molecule has 1 aromatic carbocycles. The van der Waals surface area contributed by atoms with Gasteiger partial charge in [0.25, 0.3) is 0 Å². The van der Waals surface area contributed by atoms with E-state index in [0.717, 1.165) is 10.9 Å². The number of benzene rings is 1. The van der Waals surface area contributed by atoms with E-state index in [1.54, 1.807) is 17.6 Å². The van der Waals surface area contributed by atoms with Crippen molar-refractivity contribution in [2.75, 3.05) is 0 Å². The van der Waals surface area contributed by atoms with E-state index < -0.39 is 6.10 Å². The molecule has 2 heterocycles. The summed E-state index contributed by atoms with van der Waals surface area (Å²) >= 11 is 1.37. The number of pyridine rings is 1. The Kier molecular flexibility index (Phi) is 2.59. The molecule has 0 fully saturated rings. The maximum Gasteiger partial charge on any atom is 0.186 e. The zero-order chi connectivity index (χ0) is 11.7. The Bertz CT molecular complexity index is 637. The summed E-state index contributed by atoms with van der Waals surface area (Å²) in [4.78, 5) is 8.42. The van der Waals surface area contributed by atoms with Gasteiger partial charge in [0.15, 0.2) is 6.10 Å². The molecule has 1 unspecified atom stereocenters. The second-order valence-corrected chi connectivity index (χ2v) is 4.61. The van der Waals surface area contributed by atoms with Crippen LogP contribution in [0, 0.1) is 0 Å². The summed E-state index contributed by atoms with van der Waals surface area (Å²) in [7, 11) is 0. The van der Waals surface area contributed by atoms with Gasteiger partial charge in [0.2, 0.25) is 0 Å². The molecule has 0 amide bonds. The van der Waals surface area contributed by atoms with Crippen molar-refractivity contribution in [2.24, 2.45) is 0 Å². The summed E-state index contributed by atoms with van der Waals surface area (Å²) in [6.07, 6.45) is 0.658. The highest BCUT2D eigenvalue weighted by Gasteiger charge is 2.16. The number of hydrogen-bond acceptors (Lipinski definition) is 3. The Labute approximate surface area is 102 Å². The van der Waals surface area contributed by atoms with E-state index >= 15 is 0 Å². The number of rotatable bonds is 2. The van der Waals surface area contributed by atoms with E-state index in [-0.39, 0.29) is 0 Å². The Morgan fingerprint density at radius 1 is 1.12 bits per heavy atom. The Balaban J connectivity index is 2.06. The number of hydrogen-bond donors (Lipinski definition) is 0. The summed E-state index contributed by atoms with van der Waals surface area (Å²) in [5.74, 6) is 0. The van der Waals surface area contributed by atoms with Crippen molar-refractivity contribution in [3.63, 3.8) is 0 Å². The van der Waals surface area contributed by atoms with Crippen molar-refractivity contribution in [1.29, 1.82) is 0 Å². The first-order valence-corrected chi connectivity index (χ1v) is 6.13. The zero-order valence-electron chi connectivity index (χ0n) is 8.91. The summed E-state index contributed by atoms with van der Waals surface area (Å²) in [5.41, 5.74) is 1.38. The summed E-state index contributed by atoms with van der Waals surface area (Å²) < 4.78 is 0. The summed E-state index contributed by atoms with van der Waals surface area (Å²) in [6.45, 7) is 0. The number of aromatic nitrogens is 2. The Morgan fingerprint density at radius 2 is 2.00 bits per heavy atom. The van der Waals surface area contributed by atoms with Gasteiger partial charge in [0.05, 0.1) is 11.2 Å². The van der Waals surface area contributed by atoms with E-state index in [0.29, 0.717) is 10.7 Å². The van der Waals surface area contributed by atoms with Gasteiger partial charge in [-0.2, -0.15) is 0 Å². The second kappa shape index (κ2) is 4.24. The van der Waals surface area contributed by atoms with Crippen LogP contribution in [-0.4, -0.2) is 9.97 Å². The van der Waals surface area contributed by atoms with Crippen LogP contribution in [0.5, 0.6) is 0 Å². The van der Waals surface area contributed by atoms with Crippen LogP contribution in [0.4, 0.5) is 0 Å². The average molecular weight is 241 g/mol. The molecule has 0 bridgehead atoms. The number of thiazole rings is 1. The summed E-state index contributed by atoms with van der Waals surface area (Å²) in [5, 5.41) is 15.5. The molecule has 1 atom stereocenters. The predicted octanol–water partition coefficient (Wildman–Crippen LogP) is 3.21. The average Bonchev–Trinajstić information content (AvgIpc) is 2.91. The zero-order valence-corrected chi connectivity index (χ0v) is 9.72. The molecule has 2 aromatic heterocycles. The maximum absolute atomic E-state index is 12.1. The highest BCUT2D eigenvalue weighted by Crippen LogP contribution is 2.24. The van der Waals surface area contributed by atoms with Gasteiger partial charge >= 0.3 is 0 Å². The molecule has 0 aliphatic carbocycles. The van der Waals surface area contributed by atoms with E-state index in [4.69, 9.17) is 0 Å². The predicted molar refractivity (Wildman–Crippen MR) is 66.4 cm³/mol. The molecule has 0 spiro atoms. The highest BCUT2D eigenvalue weighted by atomic mass is 32.1. The van der Waals surface area contributed by atoms with Crippen molar-refractivity contribution in [3.8, 4) is 0 Å². The van der Waals surface area contributed by atoms with Crippen molar-refractivity contribution >= 4 is 22.2 Å². The topological polar surface area (TPSA) is 45.7 Å². The lowest BCUT2D eigenvalue weighted by molar-refractivity contribution is 0.121. The largest absolute Gasteiger partial charge is 0.249 e. The van der Waals surface area contributed by atoms with Crippen LogP contribution >= 0.6 is 11.3 Å². The fraction of sp³-hybridized carbons (Fsp3) is 0.0769. The van der Waals surface area contributed by atoms with Crippen molar-refractivity contribution in [1.82, 2.24) is 9.97 Å². The van der Waals surface area contributed by atoms with E-state index in [1.807, 2.05) is 30.3 Å². The van der Waals surface area contributed by atoms with Crippen LogP contribution in [0.3, 0.4) is 0 Å². The molecule has 0 aliphatic heterocycles. The van der Waals surface area contributed by atoms with Crippen LogP contribution < -0.4 is 0 Å². The van der Waals surface area contributed by atoms with Crippen LogP contribution in [0.15, 0.2) is 48.0 Å². The maximum atomic E-state index is 12.1. The smallest absolute Gasteiger partial charge is 0.186 e. The standard InChI is InChI=1S/C13H9N2OS/c16-12(13-14-7-8-17-13)11-6-5-9-3-1-2-4-10(9)15-11/h1-8,12H. The quantitative estimate of drug-likeness (QED) is 0.691. The molecule has 3 rings (SSSR count). The molecule has 0 aliphatic rings. The fourth-order valence-electron chi connectivity index (χ4n) is 1.72. The van der Waals surface area contributed by atoms with Gasteiger partial charge in [-0.3, -0.25) is 0 Å². The molecule has 83 valence electrons. The summed E-state index contributed by atoms with van der Waals surface area (Å²) in [6, 6.07) is 11.5. The fourth-order valence-corrected chi connectivity index (χ4v) is 2.35. The third kappa shape index (κ3) is 1.92. The lowest BCUT2D eigenvalue weighted by atomic mass is 10.1. The molecule has 17 heavy (non-hydrogen) atoms. The molecule has 0 saturated carbocycles. The number of para-hydroxylation sites is 1. The minimum absolute atomic E-state index is 0.527. The van der Waals surface area contributed by atoms with Gasteiger partial charge in [-0.05, 0) is 12.1 Å². The number of nitrogens with zero attached hydrogens (tertiary/aromatic N) is 2. The van der Waals surface area contributed by atoms with Crippen LogP contribution in [0.1, 0.15) is 16.8 Å². The second-order valence-electron chi connectivity index (χ2n) is 3.68. The van der Waals surface area contributed by atoms with E-state index in [2.05, 4.69) is 9.97 Å². The minimum Gasteiger partial charge on any atom is -0.249 e. The van der Waals surface area contributed by atoms with E-state index in [1.165, 1.54) is 11.3 Å². The van der Waals surface area contributed by atoms with Gasteiger partial charge in [0.1, 0.15) is 5.01 Å². The van der Waals surface area contributed by atoms with Crippen LogP contribution in [0.2, 0.25) is 0 Å². The number of fused-ring (bicyclic) bond motifs is 1. The molecule has 1 radical (unpaired) electrons. The molecular formula is C13H9N2OS. The van der Waals surface area contributed by atoms with Crippen molar-refractivity contribution in [2.45, 2.75) is 6.10 Å². The normalized spacial score (nSPS) is 12.8. The monoisotopic (exact) mass is 241 g/mol. The Hall–Kier alpha value is -1.78.